The summed E-state index contributed by atoms with van der Waals surface area (Å²) in [6.07, 6.45) is 0. The van der Waals surface area contributed by atoms with Gasteiger partial charge in [-0.25, -0.2) is 0 Å². The van der Waals surface area contributed by atoms with E-state index in [-0.39, 0.29) is 17.1 Å². The smallest absolute Gasteiger partial charge is 0.263 e. The van der Waals surface area contributed by atoms with Crippen LogP contribution in [-0.4, -0.2) is 23.2 Å². The van der Waals surface area contributed by atoms with Crippen LogP contribution in [0.3, 0.4) is 0 Å². The molecule has 0 saturated carbocycles. The lowest BCUT2D eigenvalue weighted by atomic mass is 10.1. The number of nitrogens with one attached hydrogen (secondary N) is 1. The number of carbonyl (C=O) groups excluding carboxylic acids is 1. The molecule has 2 aromatic carbocycles. The van der Waals surface area contributed by atoms with Gasteiger partial charge in [0.05, 0.1) is 12.8 Å². The highest BCUT2D eigenvalue weighted by Crippen LogP contribution is 2.30. The second kappa shape index (κ2) is 6.15. The topological polar surface area (TPSA) is 105 Å². The summed E-state index contributed by atoms with van der Waals surface area (Å²) in [5.41, 5.74) is 6.63. The Morgan fingerprint density at radius 2 is 1.90 bits per heavy atom. The van der Waals surface area contributed by atoms with E-state index in [2.05, 4.69) is 5.32 Å². The zero-order valence-corrected chi connectivity index (χ0v) is 11.5. The van der Waals surface area contributed by atoms with Crippen LogP contribution in [0, 0.1) is 0 Å². The number of amides is 1. The molecule has 2 rings (SSSR count). The first-order valence-electron chi connectivity index (χ1n) is 6.26. The Balaban J connectivity index is 2.32. The summed E-state index contributed by atoms with van der Waals surface area (Å²) < 4.78 is 5.19. The Labute approximate surface area is 121 Å². The van der Waals surface area contributed by atoms with Gasteiger partial charge in [-0.3, -0.25) is 4.79 Å². The molecule has 0 bridgehead atoms. The number of methoxy groups -OCH3 is 1. The lowest BCUT2D eigenvalue weighted by Gasteiger charge is -2.12. The first-order chi connectivity index (χ1) is 10.1. The highest BCUT2D eigenvalue weighted by Gasteiger charge is 2.17. The van der Waals surface area contributed by atoms with E-state index < -0.39 is 5.91 Å². The maximum absolute atomic E-state index is 12.2. The molecule has 0 unspecified atom stereocenters. The van der Waals surface area contributed by atoms with Crippen LogP contribution in [0.25, 0.3) is 0 Å². The Morgan fingerprint density at radius 3 is 2.48 bits per heavy atom. The summed E-state index contributed by atoms with van der Waals surface area (Å²) in [4.78, 5) is 12.2. The molecule has 0 saturated heterocycles. The van der Waals surface area contributed by atoms with Crippen LogP contribution < -0.4 is 15.8 Å². The largest absolute Gasteiger partial charge is 0.507 e. The van der Waals surface area contributed by atoms with Crippen molar-refractivity contribution >= 4 is 11.6 Å². The highest BCUT2D eigenvalue weighted by molar-refractivity contribution is 6.08. The predicted octanol–water partition coefficient (Wildman–Crippen LogP) is 1.82. The van der Waals surface area contributed by atoms with Crippen molar-refractivity contribution in [1.82, 2.24) is 0 Å². The van der Waals surface area contributed by atoms with E-state index in [0.717, 1.165) is 5.56 Å². The van der Waals surface area contributed by atoms with Crippen LogP contribution >= 0.6 is 0 Å². The molecule has 110 valence electrons. The molecular formula is C15H16N2O4. The monoisotopic (exact) mass is 288 g/mol. The second-order valence-electron chi connectivity index (χ2n) is 4.36. The number of ether oxygens (including phenoxy) is 1. The fourth-order valence-corrected chi connectivity index (χ4v) is 1.91. The number of rotatable bonds is 4. The summed E-state index contributed by atoms with van der Waals surface area (Å²) in [6.45, 7) is 0.352. The number of carbonyl (C=O) groups is 1. The average Bonchev–Trinajstić information content (AvgIpc) is 2.47. The third-order valence-corrected chi connectivity index (χ3v) is 3.00. The average molecular weight is 288 g/mol. The van der Waals surface area contributed by atoms with Crippen molar-refractivity contribution in [2.75, 3.05) is 12.4 Å². The summed E-state index contributed by atoms with van der Waals surface area (Å²) in [6, 6.07) is 9.20. The molecule has 0 aromatic heterocycles. The second-order valence-corrected chi connectivity index (χ2v) is 4.36. The molecule has 6 nitrogen and oxygen atoms in total. The molecule has 2 aromatic rings. The standard InChI is InChI=1S/C15H16N2O4/c1-21-13-7-9(8-16)5-6-10(13)17-15(20)14-11(18)3-2-4-12(14)19/h2-7,18-19H,8,16H2,1H3,(H,17,20). The molecular weight excluding hydrogens is 272 g/mol. The first-order valence-corrected chi connectivity index (χ1v) is 6.26. The van der Waals surface area contributed by atoms with Crippen LogP contribution in [0.15, 0.2) is 36.4 Å². The number of phenols is 2. The number of hydrogen-bond acceptors (Lipinski definition) is 5. The molecule has 5 N–H and O–H groups in total. The van der Waals surface area contributed by atoms with Gasteiger partial charge in [-0.15, -0.1) is 0 Å². The zero-order chi connectivity index (χ0) is 15.4. The van der Waals surface area contributed by atoms with Crippen molar-refractivity contribution < 1.29 is 19.7 Å². The van der Waals surface area contributed by atoms with Gasteiger partial charge in [-0.05, 0) is 29.8 Å². The van der Waals surface area contributed by atoms with Gasteiger partial charge in [0.2, 0.25) is 0 Å². The van der Waals surface area contributed by atoms with E-state index in [1.807, 2.05) is 0 Å². The van der Waals surface area contributed by atoms with Crippen LogP contribution in [0.2, 0.25) is 0 Å². The quantitative estimate of drug-likeness (QED) is 0.687. The summed E-state index contributed by atoms with van der Waals surface area (Å²) in [5, 5.41) is 21.9. The summed E-state index contributed by atoms with van der Waals surface area (Å²) >= 11 is 0. The summed E-state index contributed by atoms with van der Waals surface area (Å²) in [5.74, 6) is -0.791. The van der Waals surface area contributed by atoms with Crippen LogP contribution in [0.4, 0.5) is 5.69 Å². The maximum Gasteiger partial charge on any atom is 0.263 e. The van der Waals surface area contributed by atoms with E-state index in [1.165, 1.54) is 25.3 Å². The van der Waals surface area contributed by atoms with Crippen molar-refractivity contribution in [3.63, 3.8) is 0 Å². The van der Waals surface area contributed by atoms with Crippen molar-refractivity contribution in [1.29, 1.82) is 0 Å². The molecule has 0 atom stereocenters. The first kappa shape index (κ1) is 14.7. The molecule has 21 heavy (non-hydrogen) atoms. The van der Waals surface area contributed by atoms with Crippen LogP contribution in [-0.2, 0) is 6.54 Å². The van der Waals surface area contributed by atoms with Gasteiger partial charge in [-0.2, -0.15) is 0 Å². The minimum absolute atomic E-state index is 0.192. The van der Waals surface area contributed by atoms with E-state index in [4.69, 9.17) is 10.5 Å². The third-order valence-electron chi connectivity index (χ3n) is 3.00. The van der Waals surface area contributed by atoms with Crippen molar-refractivity contribution in [2.24, 2.45) is 5.73 Å². The zero-order valence-electron chi connectivity index (χ0n) is 11.5. The van der Waals surface area contributed by atoms with Crippen LogP contribution in [0.1, 0.15) is 15.9 Å². The van der Waals surface area contributed by atoms with Gasteiger partial charge in [0, 0.05) is 6.54 Å². The van der Waals surface area contributed by atoms with E-state index >= 15 is 0 Å². The molecule has 0 fully saturated rings. The molecule has 6 heteroatoms. The fourth-order valence-electron chi connectivity index (χ4n) is 1.91. The molecule has 1 amide bonds. The molecule has 0 aliphatic rings. The number of hydrogen-bond donors (Lipinski definition) is 4. The Morgan fingerprint density at radius 1 is 1.24 bits per heavy atom. The third kappa shape index (κ3) is 3.06. The van der Waals surface area contributed by atoms with Gasteiger partial charge < -0.3 is 26.0 Å². The normalized spacial score (nSPS) is 10.2. The van der Waals surface area contributed by atoms with E-state index in [9.17, 15) is 15.0 Å². The highest BCUT2D eigenvalue weighted by atomic mass is 16.5. The summed E-state index contributed by atoms with van der Waals surface area (Å²) in [7, 11) is 1.47. The Hall–Kier alpha value is -2.73. The number of anilines is 1. The number of nitrogens with two attached hydrogens (primary N) is 1. The van der Waals surface area contributed by atoms with E-state index in [0.29, 0.717) is 18.0 Å². The van der Waals surface area contributed by atoms with Crippen molar-refractivity contribution in [3.05, 3.63) is 47.5 Å². The predicted molar refractivity (Wildman–Crippen MR) is 78.6 cm³/mol. The number of phenolic OH excluding ortho intramolecular Hbond substituents is 2. The lowest BCUT2D eigenvalue weighted by Crippen LogP contribution is -2.13. The van der Waals surface area contributed by atoms with Gasteiger partial charge >= 0.3 is 0 Å². The van der Waals surface area contributed by atoms with Gasteiger partial charge in [0.25, 0.3) is 5.91 Å². The minimum Gasteiger partial charge on any atom is -0.507 e. The Bertz CT molecular complexity index is 650. The fraction of sp³-hybridized carbons (Fsp3) is 0.133. The van der Waals surface area contributed by atoms with E-state index in [1.54, 1.807) is 18.2 Å². The van der Waals surface area contributed by atoms with Crippen molar-refractivity contribution in [2.45, 2.75) is 6.54 Å². The Kier molecular flexibility index (Phi) is 4.30. The van der Waals surface area contributed by atoms with Gasteiger partial charge in [0.15, 0.2) is 0 Å². The number of aromatic hydroxyl groups is 2. The number of benzene rings is 2. The molecule has 0 heterocycles. The van der Waals surface area contributed by atoms with Gasteiger partial charge in [-0.1, -0.05) is 12.1 Å². The maximum atomic E-state index is 12.2. The molecule has 0 aliphatic carbocycles. The van der Waals surface area contributed by atoms with Crippen molar-refractivity contribution in [3.8, 4) is 17.2 Å². The lowest BCUT2D eigenvalue weighted by molar-refractivity contribution is 0.102. The van der Waals surface area contributed by atoms with Gasteiger partial charge in [0.1, 0.15) is 22.8 Å². The van der Waals surface area contributed by atoms with Crippen LogP contribution in [0.5, 0.6) is 17.2 Å². The molecule has 0 aliphatic heterocycles. The minimum atomic E-state index is -0.635. The molecule has 0 radical (unpaired) electrons. The molecule has 0 spiro atoms. The SMILES string of the molecule is COc1cc(CN)ccc1NC(=O)c1c(O)cccc1O.